The summed E-state index contributed by atoms with van der Waals surface area (Å²) in [5.74, 6) is -1.50. The molecule has 0 bridgehead atoms. The van der Waals surface area contributed by atoms with Gasteiger partial charge < -0.3 is 10.0 Å². The maximum absolute atomic E-state index is 13.0. The summed E-state index contributed by atoms with van der Waals surface area (Å²) in [5.41, 5.74) is -0.00556. The minimum atomic E-state index is -1.18. The van der Waals surface area contributed by atoms with E-state index in [2.05, 4.69) is 5.10 Å². The Bertz CT molecular complexity index is 754. The maximum atomic E-state index is 13.0. The van der Waals surface area contributed by atoms with Crippen LogP contribution < -0.4 is 0 Å². The monoisotopic (exact) mass is 371 g/mol. The Labute approximate surface area is 158 Å². The van der Waals surface area contributed by atoms with Crippen molar-refractivity contribution in [1.29, 1.82) is 0 Å². The van der Waals surface area contributed by atoms with Gasteiger partial charge in [0, 0.05) is 19.9 Å². The fraction of sp³-hybridized carbons (Fsp3) is 0.500. The van der Waals surface area contributed by atoms with Gasteiger partial charge in [0.15, 0.2) is 0 Å². The van der Waals surface area contributed by atoms with E-state index in [4.69, 9.17) is 0 Å². The van der Waals surface area contributed by atoms with Crippen molar-refractivity contribution >= 4 is 23.5 Å². The highest BCUT2D eigenvalue weighted by molar-refractivity contribution is 6.39. The first kappa shape index (κ1) is 19.1. The van der Waals surface area contributed by atoms with Gasteiger partial charge in [-0.1, -0.05) is 49.6 Å². The number of hydrazone groups is 1. The Hall–Kier alpha value is -2.70. The second-order valence-electron chi connectivity index (χ2n) is 7.25. The molecule has 2 amide bonds. The van der Waals surface area contributed by atoms with Crippen LogP contribution in [0.5, 0.6) is 0 Å². The Morgan fingerprint density at radius 1 is 1.15 bits per heavy atom. The lowest BCUT2D eigenvalue weighted by Gasteiger charge is -2.41. The number of hydrogen-bond donors (Lipinski definition) is 1. The molecule has 0 spiro atoms. The summed E-state index contributed by atoms with van der Waals surface area (Å²) < 4.78 is 0. The van der Waals surface area contributed by atoms with E-state index >= 15 is 0 Å². The average Bonchev–Trinajstić information content (AvgIpc) is 2.69. The predicted molar refractivity (Wildman–Crippen MR) is 99.9 cm³/mol. The second kappa shape index (κ2) is 7.90. The smallest absolute Gasteiger partial charge is 0.329 e. The quantitative estimate of drug-likeness (QED) is 0.861. The van der Waals surface area contributed by atoms with Crippen LogP contribution in [-0.4, -0.2) is 51.1 Å². The van der Waals surface area contributed by atoms with Gasteiger partial charge in [-0.25, -0.2) is 9.80 Å². The van der Waals surface area contributed by atoms with Gasteiger partial charge in [0.05, 0.1) is 6.54 Å². The number of benzene rings is 1. The van der Waals surface area contributed by atoms with E-state index < -0.39 is 17.4 Å². The van der Waals surface area contributed by atoms with Crippen LogP contribution in [0.2, 0.25) is 0 Å². The lowest BCUT2D eigenvalue weighted by Crippen LogP contribution is -2.58. The molecule has 0 aromatic heterocycles. The highest BCUT2D eigenvalue weighted by Crippen LogP contribution is 2.34. The van der Waals surface area contributed by atoms with Gasteiger partial charge >= 0.3 is 5.97 Å². The van der Waals surface area contributed by atoms with Crippen LogP contribution in [-0.2, 0) is 20.9 Å². The molecule has 1 fully saturated rings. The van der Waals surface area contributed by atoms with Gasteiger partial charge in [0.2, 0.25) is 5.91 Å². The minimum Gasteiger partial charge on any atom is -0.479 e. The molecule has 1 aliphatic heterocycles. The van der Waals surface area contributed by atoms with Crippen molar-refractivity contribution in [3.8, 4) is 0 Å². The molecule has 1 aromatic rings. The molecule has 1 heterocycles. The van der Waals surface area contributed by atoms with E-state index in [-0.39, 0.29) is 24.5 Å². The number of nitrogens with zero attached hydrogens (tertiary/aromatic N) is 3. The first-order valence-corrected chi connectivity index (χ1v) is 9.37. The number of aliphatic carboxylic acids is 1. The summed E-state index contributed by atoms with van der Waals surface area (Å²) in [5, 5.41) is 15.4. The van der Waals surface area contributed by atoms with Gasteiger partial charge in [0.1, 0.15) is 11.3 Å². The molecular weight excluding hydrogens is 346 g/mol. The number of rotatable bonds is 5. The first-order chi connectivity index (χ1) is 12.9. The number of carbonyl (C=O) groups is 3. The van der Waals surface area contributed by atoms with Crippen molar-refractivity contribution in [3.63, 3.8) is 0 Å². The molecule has 0 atom stereocenters. The normalized spacial score (nSPS) is 19.4. The minimum absolute atomic E-state index is 0.135. The maximum Gasteiger partial charge on any atom is 0.329 e. The largest absolute Gasteiger partial charge is 0.479 e. The number of carboxylic acid groups (broad SMARTS) is 1. The molecule has 3 rings (SSSR count). The molecule has 1 aliphatic carbocycles. The van der Waals surface area contributed by atoms with Gasteiger partial charge in [-0.15, -0.1) is 0 Å². The number of carboxylic acids is 1. The molecule has 2 aliphatic rings. The lowest BCUT2D eigenvalue weighted by molar-refractivity contribution is -0.158. The summed E-state index contributed by atoms with van der Waals surface area (Å²) in [6.45, 7) is 0.296. The number of likely N-dealkylation sites (N-methyl/N-ethyl adjacent to an activating group) is 1. The number of amides is 2. The molecule has 144 valence electrons. The van der Waals surface area contributed by atoms with Crippen molar-refractivity contribution in [3.05, 3.63) is 35.9 Å². The highest BCUT2D eigenvalue weighted by atomic mass is 16.4. The summed E-state index contributed by atoms with van der Waals surface area (Å²) in [4.78, 5) is 38.5. The summed E-state index contributed by atoms with van der Waals surface area (Å²) >= 11 is 0. The topological polar surface area (TPSA) is 90.3 Å². The van der Waals surface area contributed by atoms with Crippen molar-refractivity contribution < 1.29 is 19.5 Å². The number of hydrogen-bond acceptors (Lipinski definition) is 4. The summed E-state index contributed by atoms with van der Waals surface area (Å²) in [6, 6.07) is 9.45. The Morgan fingerprint density at radius 2 is 1.81 bits per heavy atom. The third-order valence-electron chi connectivity index (χ3n) is 5.55. The van der Waals surface area contributed by atoms with Gasteiger partial charge in [0.25, 0.3) is 5.91 Å². The highest BCUT2D eigenvalue weighted by Gasteiger charge is 2.46. The fourth-order valence-corrected chi connectivity index (χ4v) is 3.85. The third-order valence-corrected chi connectivity index (χ3v) is 5.55. The van der Waals surface area contributed by atoms with E-state index in [9.17, 15) is 19.5 Å². The third kappa shape index (κ3) is 3.86. The molecule has 0 radical (unpaired) electrons. The van der Waals surface area contributed by atoms with E-state index in [1.165, 1.54) is 9.91 Å². The zero-order valence-corrected chi connectivity index (χ0v) is 15.6. The number of carbonyl (C=O) groups excluding carboxylic acids is 2. The van der Waals surface area contributed by atoms with Crippen molar-refractivity contribution in [2.75, 3.05) is 7.05 Å². The van der Waals surface area contributed by atoms with Crippen LogP contribution in [0.4, 0.5) is 0 Å². The zero-order chi connectivity index (χ0) is 19.4. The van der Waals surface area contributed by atoms with Gasteiger partial charge in [-0.2, -0.15) is 5.10 Å². The van der Waals surface area contributed by atoms with Crippen LogP contribution in [0.3, 0.4) is 0 Å². The van der Waals surface area contributed by atoms with E-state index in [0.717, 1.165) is 24.8 Å². The molecule has 1 saturated carbocycles. The van der Waals surface area contributed by atoms with Crippen LogP contribution in [0, 0.1) is 0 Å². The van der Waals surface area contributed by atoms with Gasteiger partial charge in [-0.05, 0) is 18.4 Å². The van der Waals surface area contributed by atoms with Crippen LogP contribution in [0.1, 0.15) is 50.5 Å². The summed E-state index contributed by atoms with van der Waals surface area (Å²) in [6.07, 6.45) is 3.89. The summed E-state index contributed by atoms with van der Waals surface area (Å²) in [7, 11) is 1.54. The van der Waals surface area contributed by atoms with Crippen molar-refractivity contribution in [1.82, 2.24) is 9.91 Å². The molecular formula is C20H25N3O4. The van der Waals surface area contributed by atoms with Crippen molar-refractivity contribution in [2.24, 2.45) is 5.10 Å². The molecule has 27 heavy (non-hydrogen) atoms. The SMILES string of the molecule is CN(C(=O)C1=NN(Cc2ccccc2)C(=O)CC1)C1(C(=O)O)CCCCC1. The van der Waals surface area contributed by atoms with E-state index in [0.29, 0.717) is 19.4 Å². The fourth-order valence-electron chi connectivity index (χ4n) is 3.85. The van der Waals surface area contributed by atoms with E-state index in [1.807, 2.05) is 30.3 Å². The standard InChI is InChI=1S/C20H25N3O4/c1-22(20(19(26)27)12-6-3-7-13-20)18(25)16-10-11-17(24)23(21-16)14-15-8-4-2-5-9-15/h2,4-5,8-9H,3,6-7,10-14H2,1H3,(H,26,27). The lowest BCUT2D eigenvalue weighted by atomic mass is 9.80. The first-order valence-electron chi connectivity index (χ1n) is 9.37. The molecule has 0 unspecified atom stereocenters. The van der Waals surface area contributed by atoms with E-state index in [1.54, 1.807) is 7.05 Å². The van der Waals surface area contributed by atoms with Crippen LogP contribution in [0.15, 0.2) is 35.4 Å². The Kier molecular flexibility index (Phi) is 5.58. The molecule has 7 heteroatoms. The molecule has 1 N–H and O–H groups in total. The van der Waals surface area contributed by atoms with Crippen molar-refractivity contribution in [2.45, 2.75) is 57.0 Å². The molecule has 1 aromatic carbocycles. The molecule has 0 saturated heterocycles. The second-order valence-corrected chi connectivity index (χ2v) is 7.25. The van der Waals surface area contributed by atoms with Crippen LogP contribution in [0.25, 0.3) is 0 Å². The average molecular weight is 371 g/mol. The molecule has 7 nitrogen and oxygen atoms in total. The Morgan fingerprint density at radius 3 is 2.44 bits per heavy atom. The predicted octanol–water partition coefficient (Wildman–Crippen LogP) is 2.41. The van der Waals surface area contributed by atoms with Crippen LogP contribution >= 0.6 is 0 Å². The van der Waals surface area contributed by atoms with Gasteiger partial charge in [-0.3, -0.25) is 9.59 Å². The zero-order valence-electron chi connectivity index (χ0n) is 15.6. The Balaban J connectivity index is 1.81.